The van der Waals surface area contributed by atoms with E-state index in [1.807, 2.05) is 4.90 Å². The van der Waals surface area contributed by atoms with Crippen molar-refractivity contribution in [2.24, 2.45) is 0 Å². The number of fused-ring (bicyclic) bond motifs is 1. The van der Waals surface area contributed by atoms with Gasteiger partial charge in [-0.2, -0.15) is 0 Å². The molecule has 18 heavy (non-hydrogen) atoms. The zero-order valence-electron chi connectivity index (χ0n) is 10.8. The number of carbonyl (C=O) groups is 2. The van der Waals surface area contributed by atoms with Crippen LogP contribution in [0.4, 0.5) is 0 Å². The Morgan fingerprint density at radius 1 is 1.44 bits per heavy atom. The summed E-state index contributed by atoms with van der Waals surface area (Å²) in [5, 5.41) is 3.13. The van der Waals surface area contributed by atoms with Crippen LogP contribution in [0.5, 0.6) is 0 Å². The highest BCUT2D eigenvalue weighted by atomic mass is 32.2. The first-order chi connectivity index (χ1) is 8.60. The van der Waals surface area contributed by atoms with E-state index in [0.717, 1.165) is 25.0 Å². The Kier molecular flexibility index (Phi) is 3.04. The fourth-order valence-corrected chi connectivity index (χ4v) is 4.81. The Bertz CT molecular complexity index is 381. The Labute approximate surface area is 112 Å². The first-order valence-electron chi connectivity index (χ1n) is 6.87. The summed E-state index contributed by atoms with van der Waals surface area (Å²) < 4.78 is 0. The maximum absolute atomic E-state index is 12.3. The number of thioether (sulfide) groups is 1. The summed E-state index contributed by atoms with van der Waals surface area (Å²) in [6.07, 6.45) is 6.09. The molecule has 2 heterocycles. The molecule has 1 aliphatic carbocycles. The third-order valence-electron chi connectivity index (χ3n) is 4.45. The largest absolute Gasteiger partial charge is 0.352 e. The summed E-state index contributed by atoms with van der Waals surface area (Å²) in [5.74, 6) is 0.961. The van der Waals surface area contributed by atoms with E-state index in [0.29, 0.717) is 12.5 Å². The molecule has 3 rings (SSSR count). The van der Waals surface area contributed by atoms with E-state index in [1.165, 1.54) is 12.8 Å². The maximum atomic E-state index is 12.3. The Hall–Kier alpha value is -0.710. The van der Waals surface area contributed by atoms with Crippen LogP contribution in [0, 0.1) is 0 Å². The van der Waals surface area contributed by atoms with Crippen molar-refractivity contribution in [1.29, 1.82) is 0 Å². The molecule has 2 saturated heterocycles. The average Bonchev–Trinajstić information content (AvgIpc) is 2.99. The molecule has 0 aromatic heterocycles. The van der Waals surface area contributed by atoms with Gasteiger partial charge in [0.1, 0.15) is 6.04 Å². The van der Waals surface area contributed by atoms with Crippen LogP contribution in [-0.4, -0.2) is 39.4 Å². The van der Waals surface area contributed by atoms with Crippen molar-refractivity contribution in [1.82, 2.24) is 10.2 Å². The van der Waals surface area contributed by atoms with Crippen LogP contribution in [0.25, 0.3) is 0 Å². The molecule has 3 fully saturated rings. The fourth-order valence-electron chi connectivity index (χ4n) is 3.38. The molecule has 0 unspecified atom stereocenters. The molecule has 1 saturated carbocycles. The van der Waals surface area contributed by atoms with E-state index >= 15 is 0 Å². The number of carbonyl (C=O) groups excluding carboxylic acids is 2. The van der Waals surface area contributed by atoms with Gasteiger partial charge in [0, 0.05) is 18.2 Å². The van der Waals surface area contributed by atoms with Crippen molar-refractivity contribution >= 4 is 23.6 Å². The van der Waals surface area contributed by atoms with E-state index in [-0.39, 0.29) is 22.7 Å². The molecule has 2 atom stereocenters. The van der Waals surface area contributed by atoms with Crippen molar-refractivity contribution in [2.45, 2.75) is 62.4 Å². The number of rotatable bonds is 2. The van der Waals surface area contributed by atoms with Crippen LogP contribution in [0.1, 0.15) is 45.4 Å². The van der Waals surface area contributed by atoms with Crippen LogP contribution in [0.3, 0.4) is 0 Å². The van der Waals surface area contributed by atoms with E-state index in [1.54, 1.807) is 11.8 Å². The van der Waals surface area contributed by atoms with Crippen molar-refractivity contribution in [2.75, 3.05) is 5.75 Å². The standard InChI is InChI=1S/C13H20N2O2S/c1-13-7-6-11(16)15(13)10(8-18-13)12(17)14-9-4-2-3-5-9/h9-10H,2-8H2,1H3,(H,14,17)/t10-,13-/m0/s1. The lowest BCUT2D eigenvalue weighted by Gasteiger charge is -2.30. The molecule has 3 aliphatic rings. The number of hydrogen-bond donors (Lipinski definition) is 1. The minimum Gasteiger partial charge on any atom is -0.352 e. The lowest BCUT2D eigenvalue weighted by Crippen LogP contribution is -2.51. The van der Waals surface area contributed by atoms with Crippen LogP contribution in [0.2, 0.25) is 0 Å². The van der Waals surface area contributed by atoms with Gasteiger partial charge in [-0.15, -0.1) is 11.8 Å². The summed E-state index contributed by atoms with van der Waals surface area (Å²) in [6.45, 7) is 2.09. The van der Waals surface area contributed by atoms with Gasteiger partial charge in [-0.1, -0.05) is 12.8 Å². The predicted octanol–water partition coefficient (Wildman–Crippen LogP) is 1.50. The number of amides is 2. The van der Waals surface area contributed by atoms with Gasteiger partial charge in [0.05, 0.1) is 4.87 Å². The van der Waals surface area contributed by atoms with Crippen molar-refractivity contribution in [3.8, 4) is 0 Å². The minimum absolute atomic E-state index is 0.0633. The Morgan fingerprint density at radius 2 is 2.17 bits per heavy atom. The second kappa shape index (κ2) is 4.44. The topological polar surface area (TPSA) is 49.4 Å². The zero-order chi connectivity index (χ0) is 12.8. The van der Waals surface area contributed by atoms with Gasteiger partial charge in [0.15, 0.2) is 0 Å². The van der Waals surface area contributed by atoms with Crippen LogP contribution in [-0.2, 0) is 9.59 Å². The molecule has 0 aromatic carbocycles. The van der Waals surface area contributed by atoms with Gasteiger partial charge in [-0.3, -0.25) is 9.59 Å². The molecule has 0 aromatic rings. The van der Waals surface area contributed by atoms with Gasteiger partial charge in [0.25, 0.3) is 0 Å². The first-order valence-corrected chi connectivity index (χ1v) is 7.85. The van der Waals surface area contributed by atoms with E-state index in [9.17, 15) is 9.59 Å². The highest BCUT2D eigenvalue weighted by molar-refractivity contribution is 8.01. The number of nitrogens with zero attached hydrogens (tertiary/aromatic N) is 1. The first kappa shape index (κ1) is 12.3. The van der Waals surface area contributed by atoms with Gasteiger partial charge >= 0.3 is 0 Å². The predicted molar refractivity (Wildman–Crippen MR) is 71.1 cm³/mol. The molecule has 5 heteroatoms. The SMILES string of the molecule is C[C@]12CCC(=O)N1[C@H](C(=O)NC1CCCC1)CS2. The smallest absolute Gasteiger partial charge is 0.243 e. The second-order valence-corrected chi connectivity index (χ2v) is 7.26. The van der Waals surface area contributed by atoms with Crippen molar-refractivity contribution in [3.05, 3.63) is 0 Å². The van der Waals surface area contributed by atoms with Gasteiger partial charge in [-0.25, -0.2) is 0 Å². The average molecular weight is 268 g/mol. The van der Waals surface area contributed by atoms with Gasteiger partial charge in [-0.05, 0) is 26.2 Å². The molecule has 1 N–H and O–H groups in total. The molecule has 0 spiro atoms. The van der Waals surface area contributed by atoms with E-state index < -0.39 is 0 Å². The Balaban J connectivity index is 1.68. The molecule has 2 amide bonds. The van der Waals surface area contributed by atoms with Gasteiger partial charge < -0.3 is 10.2 Å². The van der Waals surface area contributed by atoms with E-state index in [4.69, 9.17) is 0 Å². The molecule has 0 radical (unpaired) electrons. The van der Waals surface area contributed by atoms with Crippen LogP contribution >= 0.6 is 11.8 Å². The van der Waals surface area contributed by atoms with E-state index in [2.05, 4.69) is 12.2 Å². The normalized spacial score (nSPS) is 36.2. The molecule has 100 valence electrons. The summed E-state index contributed by atoms with van der Waals surface area (Å²) in [6, 6.07) is 0.0997. The lowest BCUT2D eigenvalue weighted by atomic mass is 10.2. The Morgan fingerprint density at radius 3 is 2.89 bits per heavy atom. The zero-order valence-corrected chi connectivity index (χ0v) is 11.6. The highest BCUT2D eigenvalue weighted by Crippen LogP contribution is 2.47. The van der Waals surface area contributed by atoms with Crippen LogP contribution in [0.15, 0.2) is 0 Å². The number of hydrogen-bond acceptors (Lipinski definition) is 3. The van der Waals surface area contributed by atoms with Crippen LogP contribution < -0.4 is 5.32 Å². The number of nitrogens with one attached hydrogen (secondary N) is 1. The third-order valence-corrected chi connectivity index (χ3v) is 5.95. The molecular formula is C13H20N2O2S. The van der Waals surface area contributed by atoms with Gasteiger partial charge in [0.2, 0.25) is 11.8 Å². The fraction of sp³-hybridized carbons (Fsp3) is 0.846. The maximum Gasteiger partial charge on any atom is 0.243 e. The summed E-state index contributed by atoms with van der Waals surface area (Å²) in [4.78, 5) is 26.0. The monoisotopic (exact) mass is 268 g/mol. The second-order valence-electron chi connectivity index (χ2n) is 5.76. The third kappa shape index (κ3) is 1.92. The summed E-state index contributed by atoms with van der Waals surface area (Å²) in [5.41, 5.74) is 0. The highest BCUT2D eigenvalue weighted by Gasteiger charge is 2.53. The molecular weight excluding hydrogens is 248 g/mol. The lowest BCUT2D eigenvalue weighted by molar-refractivity contribution is -0.138. The minimum atomic E-state index is -0.240. The molecule has 2 aliphatic heterocycles. The summed E-state index contributed by atoms with van der Waals surface area (Å²) in [7, 11) is 0. The van der Waals surface area contributed by atoms with Crippen molar-refractivity contribution in [3.63, 3.8) is 0 Å². The molecule has 4 nitrogen and oxygen atoms in total. The molecule has 0 bridgehead atoms. The van der Waals surface area contributed by atoms with Crippen molar-refractivity contribution < 1.29 is 9.59 Å². The quantitative estimate of drug-likeness (QED) is 0.825. The summed E-state index contributed by atoms with van der Waals surface area (Å²) >= 11 is 1.76.